The zero-order valence-electron chi connectivity index (χ0n) is 20.9. The predicted octanol–water partition coefficient (Wildman–Crippen LogP) is 4.73. The summed E-state index contributed by atoms with van der Waals surface area (Å²) in [7, 11) is 1.65. The van der Waals surface area contributed by atoms with Crippen molar-refractivity contribution in [2.45, 2.75) is 27.2 Å². The quantitative estimate of drug-likeness (QED) is 0.201. The summed E-state index contributed by atoms with van der Waals surface area (Å²) in [5.41, 5.74) is 5.85. The number of anilines is 1. The van der Waals surface area contributed by atoms with Gasteiger partial charge in [-0.3, -0.25) is 20.4 Å². The molecule has 0 bridgehead atoms. The van der Waals surface area contributed by atoms with E-state index in [0.29, 0.717) is 24.9 Å². The van der Waals surface area contributed by atoms with Crippen LogP contribution in [0.3, 0.4) is 0 Å². The number of hydrogen-bond acceptors (Lipinski definition) is 5. The van der Waals surface area contributed by atoms with Crippen molar-refractivity contribution in [2.24, 2.45) is 4.99 Å². The molecule has 0 spiro atoms. The van der Waals surface area contributed by atoms with E-state index >= 15 is 0 Å². The standard InChI is InChI=1S/C28H30N6O2/c1-18-7-5-6-8-21(18)9-12-26(35)33-27(34-28-31-19(2)15-20(3)32-28)29-14-13-22-17-30-25-16-23(36-4)10-11-24(22)25/h5-12,15-17,30H,13-14H2,1-4H3,(H2,29,31,32,33,34,35)/b12-9-. The number of aryl methyl sites for hydroxylation is 3. The number of nitrogens with one attached hydrogen (secondary N) is 3. The number of rotatable bonds is 7. The summed E-state index contributed by atoms with van der Waals surface area (Å²) in [6.45, 7) is 6.25. The van der Waals surface area contributed by atoms with E-state index in [1.165, 1.54) is 6.08 Å². The minimum absolute atomic E-state index is 0.293. The minimum Gasteiger partial charge on any atom is -0.497 e. The van der Waals surface area contributed by atoms with Gasteiger partial charge in [0.2, 0.25) is 11.9 Å². The number of aromatic amines is 1. The fourth-order valence-corrected chi connectivity index (χ4v) is 3.88. The highest BCUT2D eigenvalue weighted by molar-refractivity contribution is 6.08. The van der Waals surface area contributed by atoms with E-state index in [9.17, 15) is 4.79 Å². The first-order valence-corrected chi connectivity index (χ1v) is 11.7. The number of aliphatic imine (C=N–C) groups is 1. The van der Waals surface area contributed by atoms with E-state index < -0.39 is 0 Å². The number of carbonyl (C=O) groups is 1. The van der Waals surface area contributed by atoms with Gasteiger partial charge in [-0.15, -0.1) is 0 Å². The van der Waals surface area contributed by atoms with Crippen LogP contribution in [0.15, 0.2) is 65.8 Å². The molecule has 0 aliphatic carbocycles. The van der Waals surface area contributed by atoms with Crippen LogP contribution in [-0.4, -0.2) is 40.5 Å². The Balaban J connectivity index is 1.51. The lowest BCUT2D eigenvalue weighted by Crippen LogP contribution is -2.35. The van der Waals surface area contributed by atoms with Gasteiger partial charge in [0.25, 0.3) is 5.91 Å². The van der Waals surface area contributed by atoms with Crippen molar-refractivity contribution in [3.05, 3.63) is 88.9 Å². The Labute approximate surface area is 210 Å². The molecule has 0 aliphatic heterocycles. The van der Waals surface area contributed by atoms with E-state index in [2.05, 4.69) is 30.6 Å². The number of benzene rings is 2. The second-order valence-corrected chi connectivity index (χ2v) is 8.48. The Morgan fingerprint density at radius 1 is 1.08 bits per heavy atom. The number of aromatic nitrogens is 3. The zero-order chi connectivity index (χ0) is 25.5. The Morgan fingerprint density at radius 3 is 2.61 bits per heavy atom. The maximum atomic E-state index is 12.7. The molecule has 3 N–H and O–H groups in total. The maximum Gasteiger partial charge on any atom is 0.250 e. The van der Waals surface area contributed by atoms with Crippen LogP contribution in [0.4, 0.5) is 5.95 Å². The molecule has 2 aromatic carbocycles. The van der Waals surface area contributed by atoms with Crippen molar-refractivity contribution in [2.75, 3.05) is 19.0 Å². The lowest BCUT2D eigenvalue weighted by Gasteiger charge is -2.10. The molecule has 184 valence electrons. The smallest absolute Gasteiger partial charge is 0.250 e. The second-order valence-electron chi connectivity index (χ2n) is 8.48. The molecular formula is C28H30N6O2. The summed E-state index contributed by atoms with van der Waals surface area (Å²) in [4.78, 5) is 29.4. The van der Waals surface area contributed by atoms with Crippen molar-refractivity contribution in [3.8, 4) is 5.75 Å². The summed E-state index contributed by atoms with van der Waals surface area (Å²) in [6.07, 6.45) is 5.94. The van der Waals surface area contributed by atoms with Crippen molar-refractivity contribution >= 4 is 34.8 Å². The number of hydrogen-bond donors (Lipinski definition) is 3. The summed E-state index contributed by atoms with van der Waals surface area (Å²) in [6, 6.07) is 15.7. The third-order valence-electron chi connectivity index (χ3n) is 5.68. The first-order chi connectivity index (χ1) is 17.4. The van der Waals surface area contributed by atoms with Crippen LogP contribution in [0.25, 0.3) is 17.0 Å². The van der Waals surface area contributed by atoms with Crippen molar-refractivity contribution in [1.82, 2.24) is 20.3 Å². The van der Waals surface area contributed by atoms with Crippen LogP contribution in [0.1, 0.15) is 28.1 Å². The highest BCUT2D eigenvalue weighted by atomic mass is 16.5. The molecule has 0 atom stereocenters. The molecule has 0 saturated carbocycles. The number of carbonyl (C=O) groups excluding carboxylic acids is 1. The minimum atomic E-state index is -0.298. The molecule has 1 amide bonds. The number of nitrogens with zero attached hydrogens (tertiary/aromatic N) is 3. The summed E-state index contributed by atoms with van der Waals surface area (Å²) >= 11 is 0. The third kappa shape index (κ3) is 6.35. The average molecular weight is 483 g/mol. The topological polar surface area (TPSA) is 104 Å². The van der Waals surface area contributed by atoms with Gasteiger partial charge in [-0.1, -0.05) is 24.3 Å². The van der Waals surface area contributed by atoms with Crippen molar-refractivity contribution in [3.63, 3.8) is 0 Å². The molecule has 4 aromatic rings. The van der Waals surface area contributed by atoms with E-state index in [-0.39, 0.29) is 5.91 Å². The lowest BCUT2D eigenvalue weighted by atomic mass is 10.1. The van der Waals surface area contributed by atoms with E-state index in [0.717, 1.165) is 44.7 Å². The fraction of sp³-hybridized carbons (Fsp3) is 0.214. The van der Waals surface area contributed by atoms with Crippen molar-refractivity contribution in [1.29, 1.82) is 0 Å². The molecule has 4 rings (SSSR count). The van der Waals surface area contributed by atoms with Crippen LogP contribution < -0.4 is 15.4 Å². The van der Waals surface area contributed by atoms with Gasteiger partial charge in [-0.2, -0.15) is 0 Å². The van der Waals surface area contributed by atoms with Crippen LogP contribution >= 0.6 is 0 Å². The molecule has 8 nitrogen and oxygen atoms in total. The number of ether oxygens (including phenoxy) is 1. The molecule has 36 heavy (non-hydrogen) atoms. The second kappa shape index (κ2) is 11.3. The number of methoxy groups -OCH3 is 1. The number of amides is 1. The normalized spacial score (nSPS) is 11.7. The molecule has 0 radical (unpaired) electrons. The Kier molecular flexibility index (Phi) is 7.75. The molecule has 8 heteroatoms. The van der Waals surface area contributed by atoms with E-state index in [1.54, 1.807) is 13.2 Å². The van der Waals surface area contributed by atoms with Gasteiger partial charge < -0.3 is 9.72 Å². The van der Waals surface area contributed by atoms with Crippen LogP contribution in [0, 0.1) is 20.8 Å². The molecule has 0 unspecified atom stereocenters. The molecular weight excluding hydrogens is 452 g/mol. The van der Waals surface area contributed by atoms with Gasteiger partial charge in [-0.25, -0.2) is 9.97 Å². The van der Waals surface area contributed by atoms with Gasteiger partial charge in [0.15, 0.2) is 0 Å². The Hall–Kier alpha value is -4.46. The summed E-state index contributed by atoms with van der Waals surface area (Å²) in [5.74, 6) is 1.18. The van der Waals surface area contributed by atoms with Crippen LogP contribution in [0.5, 0.6) is 5.75 Å². The number of H-pyrrole nitrogens is 1. The highest BCUT2D eigenvalue weighted by Crippen LogP contribution is 2.23. The van der Waals surface area contributed by atoms with Gasteiger partial charge >= 0.3 is 0 Å². The first kappa shape index (κ1) is 24.7. The number of fused-ring (bicyclic) bond motifs is 1. The molecule has 2 heterocycles. The summed E-state index contributed by atoms with van der Waals surface area (Å²) in [5, 5.41) is 7.02. The highest BCUT2D eigenvalue weighted by Gasteiger charge is 2.09. The van der Waals surface area contributed by atoms with E-state index in [1.807, 2.05) is 75.5 Å². The van der Waals surface area contributed by atoms with Crippen LogP contribution in [0.2, 0.25) is 0 Å². The monoisotopic (exact) mass is 482 g/mol. The van der Waals surface area contributed by atoms with E-state index in [4.69, 9.17) is 4.74 Å². The molecule has 0 aliphatic rings. The first-order valence-electron chi connectivity index (χ1n) is 11.7. The largest absolute Gasteiger partial charge is 0.497 e. The van der Waals surface area contributed by atoms with Crippen LogP contribution in [-0.2, 0) is 11.2 Å². The van der Waals surface area contributed by atoms with Gasteiger partial charge in [0, 0.05) is 47.2 Å². The predicted molar refractivity (Wildman–Crippen MR) is 144 cm³/mol. The molecule has 0 saturated heterocycles. The maximum absolute atomic E-state index is 12.7. The Bertz CT molecular complexity index is 1420. The van der Waals surface area contributed by atoms with Gasteiger partial charge in [0.05, 0.1) is 7.11 Å². The lowest BCUT2D eigenvalue weighted by molar-refractivity contribution is -0.115. The van der Waals surface area contributed by atoms with Gasteiger partial charge in [-0.05, 0) is 68.2 Å². The third-order valence-corrected chi connectivity index (χ3v) is 5.68. The molecule has 0 fully saturated rings. The van der Waals surface area contributed by atoms with Crippen molar-refractivity contribution < 1.29 is 9.53 Å². The number of guanidine groups is 1. The van der Waals surface area contributed by atoms with Gasteiger partial charge in [0.1, 0.15) is 5.75 Å². The fourth-order valence-electron chi connectivity index (χ4n) is 3.88. The molecule has 2 aromatic heterocycles. The summed E-state index contributed by atoms with van der Waals surface area (Å²) < 4.78 is 5.30. The average Bonchev–Trinajstić information content (AvgIpc) is 3.25. The zero-order valence-corrected chi connectivity index (χ0v) is 20.9. The SMILES string of the molecule is COc1ccc2c(CCN=C(NC(=O)/C=C\c3ccccc3C)Nc3nc(C)cc(C)n3)c[nH]c2c1. The Morgan fingerprint density at radius 2 is 1.86 bits per heavy atom.